The van der Waals surface area contributed by atoms with Gasteiger partial charge in [0.05, 0.1) is 18.3 Å². The summed E-state index contributed by atoms with van der Waals surface area (Å²) in [5.41, 5.74) is 0.436. The third-order valence-electron chi connectivity index (χ3n) is 10.5. The van der Waals surface area contributed by atoms with Gasteiger partial charge in [-0.25, -0.2) is 0 Å². The minimum atomic E-state index is -0.806. The first-order valence-electron chi connectivity index (χ1n) is 13.0. The summed E-state index contributed by atoms with van der Waals surface area (Å²) in [6.07, 6.45) is 10.3. The van der Waals surface area contributed by atoms with Crippen LogP contribution in [0.4, 0.5) is 0 Å². The first kappa shape index (κ1) is 22.7. The number of hydrogen-bond acceptors (Lipinski definition) is 4. The zero-order valence-electron chi connectivity index (χ0n) is 19.9. The van der Waals surface area contributed by atoms with Gasteiger partial charge in [0.15, 0.2) is 0 Å². The molecule has 0 saturated heterocycles. The van der Waals surface area contributed by atoms with Crippen molar-refractivity contribution in [3.63, 3.8) is 0 Å². The summed E-state index contributed by atoms with van der Waals surface area (Å²) in [6, 6.07) is 8.02. The minimum absolute atomic E-state index is 0.107. The molecule has 178 valence electrons. The van der Waals surface area contributed by atoms with Crippen molar-refractivity contribution in [2.75, 3.05) is 13.2 Å². The predicted octanol–water partition coefficient (Wildman–Crippen LogP) is 5.04. The molecule has 4 saturated carbocycles. The van der Waals surface area contributed by atoms with Crippen LogP contribution in [-0.2, 0) is 5.60 Å². The highest BCUT2D eigenvalue weighted by Crippen LogP contribution is 2.67. The molecular formula is C28H42O4. The average molecular weight is 443 g/mol. The second-order valence-corrected chi connectivity index (χ2v) is 12.0. The molecule has 4 heteroatoms. The van der Waals surface area contributed by atoms with E-state index in [9.17, 15) is 10.2 Å². The Morgan fingerprint density at radius 1 is 0.969 bits per heavy atom. The Morgan fingerprint density at radius 2 is 1.78 bits per heavy atom. The normalized spacial score (nSPS) is 45.6. The van der Waals surface area contributed by atoms with Crippen LogP contribution in [-0.4, -0.2) is 34.6 Å². The van der Waals surface area contributed by atoms with Gasteiger partial charge in [0.1, 0.15) is 5.75 Å². The lowest BCUT2D eigenvalue weighted by Crippen LogP contribution is -2.56. The van der Waals surface area contributed by atoms with E-state index in [1.165, 1.54) is 25.7 Å². The first-order chi connectivity index (χ1) is 15.3. The standard InChI is InChI=1S/C28H42O4/c1-26-13-12-24-22(23(26)9-10-25(26)30)8-7-19-11-14-28(31,18-27(19,24)2)20-5-3-6-21(17-20)32-16-4-15-29/h3,5-6,17,19,22-25,29-31H,4,7-16,18H2,1-2H3/t19?,22-,23-,24+,25?,26-,27-,28?/m0/s1. The Bertz CT molecular complexity index is 825. The highest BCUT2D eigenvalue weighted by molar-refractivity contribution is 5.33. The number of aliphatic hydroxyl groups is 3. The lowest BCUT2D eigenvalue weighted by molar-refractivity contribution is -0.165. The maximum Gasteiger partial charge on any atom is 0.119 e. The van der Waals surface area contributed by atoms with E-state index in [4.69, 9.17) is 9.84 Å². The maximum atomic E-state index is 12.0. The largest absolute Gasteiger partial charge is 0.493 e. The lowest BCUT2D eigenvalue weighted by Gasteiger charge is -2.62. The maximum absolute atomic E-state index is 12.0. The third kappa shape index (κ3) is 3.52. The fourth-order valence-corrected chi connectivity index (χ4v) is 8.76. The van der Waals surface area contributed by atoms with E-state index in [0.717, 1.165) is 43.4 Å². The molecule has 3 unspecified atom stereocenters. The fourth-order valence-electron chi connectivity index (χ4n) is 8.76. The molecule has 3 N–H and O–H groups in total. The molecule has 0 spiro atoms. The number of benzene rings is 1. The van der Waals surface area contributed by atoms with Gasteiger partial charge in [-0.15, -0.1) is 0 Å². The summed E-state index contributed by atoms with van der Waals surface area (Å²) in [5.74, 6) is 3.48. The molecule has 1 aromatic rings. The Morgan fingerprint density at radius 3 is 2.59 bits per heavy atom. The van der Waals surface area contributed by atoms with Crippen LogP contribution in [0, 0.1) is 34.5 Å². The molecule has 5 rings (SSSR count). The molecule has 4 nitrogen and oxygen atoms in total. The molecule has 4 fully saturated rings. The van der Waals surface area contributed by atoms with Gasteiger partial charge in [0, 0.05) is 13.0 Å². The lowest BCUT2D eigenvalue weighted by atomic mass is 9.43. The van der Waals surface area contributed by atoms with E-state index < -0.39 is 5.60 Å². The zero-order chi connectivity index (χ0) is 22.6. The summed E-state index contributed by atoms with van der Waals surface area (Å²) in [6.45, 7) is 5.45. The summed E-state index contributed by atoms with van der Waals surface area (Å²) < 4.78 is 5.81. The van der Waals surface area contributed by atoms with Gasteiger partial charge in [0.2, 0.25) is 0 Å². The summed E-state index contributed by atoms with van der Waals surface area (Å²) in [5, 5.41) is 31.7. The SMILES string of the molecule is C[C@]12CC(O)(c3cccc(OCCCO)c3)CCC1CC[C@@H]1[C@H]2CC[C@]2(C)C(O)CC[C@@H]12. The highest BCUT2D eigenvalue weighted by Gasteiger charge is 2.61. The minimum Gasteiger partial charge on any atom is -0.493 e. The summed E-state index contributed by atoms with van der Waals surface area (Å²) in [7, 11) is 0. The van der Waals surface area contributed by atoms with Crippen molar-refractivity contribution >= 4 is 0 Å². The predicted molar refractivity (Wildman–Crippen MR) is 125 cm³/mol. The molecule has 0 aromatic heterocycles. The van der Waals surface area contributed by atoms with Gasteiger partial charge in [-0.1, -0.05) is 26.0 Å². The second kappa shape index (κ2) is 8.29. The van der Waals surface area contributed by atoms with E-state index in [1.807, 2.05) is 18.2 Å². The molecule has 0 radical (unpaired) electrons. The van der Waals surface area contributed by atoms with Crippen molar-refractivity contribution in [3.05, 3.63) is 29.8 Å². The summed E-state index contributed by atoms with van der Waals surface area (Å²) in [4.78, 5) is 0. The smallest absolute Gasteiger partial charge is 0.119 e. The third-order valence-corrected chi connectivity index (χ3v) is 10.5. The Balaban J connectivity index is 1.39. The second-order valence-electron chi connectivity index (χ2n) is 12.0. The van der Waals surface area contributed by atoms with Gasteiger partial charge in [0.25, 0.3) is 0 Å². The summed E-state index contributed by atoms with van der Waals surface area (Å²) >= 11 is 0. The molecule has 32 heavy (non-hydrogen) atoms. The van der Waals surface area contributed by atoms with E-state index in [-0.39, 0.29) is 23.5 Å². The first-order valence-corrected chi connectivity index (χ1v) is 13.0. The van der Waals surface area contributed by atoms with Crippen LogP contribution < -0.4 is 4.74 Å². The van der Waals surface area contributed by atoms with E-state index in [1.54, 1.807) is 0 Å². The molecule has 4 aliphatic rings. The van der Waals surface area contributed by atoms with E-state index in [2.05, 4.69) is 19.9 Å². The number of fused-ring (bicyclic) bond motifs is 5. The van der Waals surface area contributed by atoms with Crippen LogP contribution in [0.3, 0.4) is 0 Å². The van der Waals surface area contributed by atoms with E-state index >= 15 is 0 Å². The van der Waals surface area contributed by atoms with Crippen LogP contribution in [0.5, 0.6) is 5.75 Å². The molecule has 0 bridgehead atoms. The molecular weight excluding hydrogens is 400 g/mol. The zero-order valence-corrected chi connectivity index (χ0v) is 19.9. The van der Waals surface area contributed by atoms with Crippen LogP contribution in [0.15, 0.2) is 24.3 Å². The molecule has 0 aliphatic heterocycles. The van der Waals surface area contributed by atoms with Gasteiger partial charge in [-0.2, -0.15) is 0 Å². The van der Waals surface area contributed by atoms with Crippen LogP contribution in [0.1, 0.15) is 83.6 Å². The van der Waals surface area contributed by atoms with Crippen molar-refractivity contribution < 1.29 is 20.1 Å². The highest BCUT2D eigenvalue weighted by atomic mass is 16.5. The molecule has 1 aromatic carbocycles. The van der Waals surface area contributed by atoms with Crippen molar-refractivity contribution in [2.24, 2.45) is 34.5 Å². The van der Waals surface area contributed by atoms with Gasteiger partial charge in [-0.05, 0) is 110 Å². The Hall–Kier alpha value is -1.10. The molecule has 0 heterocycles. The van der Waals surface area contributed by atoms with Gasteiger partial charge < -0.3 is 20.1 Å². The van der Waals surface area contributed by atoms with Crippen molar-refractivity contribution in [1.82, 2.24) is 0 Å². The Labute approximate surface area is 193 Å². The van der Waals surface area contributed by atoms with Crippen LogP contribution >= 0.6 is 0 Å². The molecule has 4 aliphatic carbocycles. The fraction of sp³-hybridized carbons (Fsp3) is 0.786. The number of aliphatic hydroxyl groups excluding tert-OH is 2. The van der Waals surface area contributed by atoms with Crippen molar-refractivity contribution in [2.45, 2.75) is 89.8 Å². The van der Waals surface area contributed by atoms with E-state index in [0.29, 0.717) is 36.7 Å². The average Bonchev–Trinajstić information content (AvgIpc) is 3.08. The van der Waals surface area contributed by atoms with Gasteiger partial charge in [-0.3, -0.25) is 0 Å². The molecule has 0 amide bonds. The topological polar surface area (TPSA) is 69.9 Å². The quantitative estimate of drug-likeness (QED) is 0.559. The van der Waals surface area contributed by atoms with Crippen molar-refractivity contribution in [3.8, 4) is 5.75 Å². The number of hydrogen-bond donors (Lipinski definition) is 3. The number of rotatable bonds is 5. The number of ether oxygens (including phenoxy) is 1. The molecule has 8 atom stereocenters. The monoisotopic (exact) mass is 442 g/mol. The van der Waals surface area contributed by atoms with Crippen LogP contribution in [0.25, 0.3) is 0 Å². The Kier molecular flexibility index (Phi) is 5.87. The van der Waals surface area contributed by atoms with Gasteiger partial charge >= 0.3 is 0 Å². The van der Waals surface area contributed by atoms with Crippen LogP contribution in [0.2, 0.25) is 0 Å². The van der Waals surface area contributed by atoms with Crippen molar-refractivity contribution in [1.29, 1.82) is 0 Å².